The van der Waals surface area contributed by atoms with Gasteiger partial charge in [-0.15, -0.1) is 0 Å². The quantitative estimate of drug-likeness (QED) is 0.838. The second-order valence-corrected chi connectivity index (χ2v) is 5.54. The first-order valence-electron chi connectivity index (χ1n) is 7.36. The van der Waals surface area contributed by atoms with Gasteiger partial charge < -0.3 is 15.3 Å². The van der Waals surface area contributed by atoms with Gasteiger partial charge in [-0.3, -0.25) is 9.59 Å². The molecular weight excluding hydrogens is 268 g/mol. The number of nitrogens with one attached hydrogen (secondary N) is 1. The highest BCUT2D eigenvalue weighted by Gasteiger charge is 2.24. The van der Waals surface area contributed by atoms with Crippen molar-refractivity contribution < 1.29 is 14.7 Å². The number of carbonyl (C=O) groups excluding carboxylic acids is 1. The van der Waals surface area contributed by atoms with Crippen molar-refractivity contribution in [2.24, 2.45) is 5.92 Å². The number of aliphatic carboxylic acids is 1. The molecule has 2 N–H and O–H groups in total. The first-order chi connectivity index (χ1) is 10.1. The largest absolute Gasteiger partial charge is 0.481 e. The van der Waals surface area contributed by atoms with Gasteiger partial charge in [0.25, 0.3) is 0 Å². The Kier molecular flexibility index (Phi) is 5.33. The van der Waals surface area contributed by atoms with Crippen LogP contribution >= 0.6 is 0 Å². The standard InChI is InChI=1S/C16H22N2O3/c1-12-4-2-3-5-14(12)18(9-7-16(20)21)15(19)10-13-6-8-17-11-13/h2-5,13,17H,6-11H2,1H3,(H,20,21). The van der Waals surface area contributed by atoms with Crippen LogP contribution in [0.4, 0.5) is 5.69 Å². The van der Waals surface area contributed by atoms with Crippen LogP contribution in [0.25, 0.3) is 0 Å². The third-order valence-electron chi connectivity index (χ3n) is 3.88. The third-order valence-corrected chi connectivity index (χ3v) is 3.88. The molecule has 0 saturated carbocycles. The van der Waals surface area contributed by atoms with Gasteiger partial charge in [-0.1, -0.05) is 18.2 Å². The minimum Gasteiger partial charge on any atom is -0.481 e. The fourth-order valence-electron chi connectivity index (χ4n) is 2.70. The summed E-state index contributed by atoms with van der Waals surface area (Å²) in [5.41, 5.74) is 1.80. The average molecular weight is 290 g/mol. The molecule has 1 atom stereocenters. The lowest BCUT2D eigenvalue weighted by Crippen LogP contribution is -2.35. The molecule has 0 aromatic heterocycles. The number of nitrogens with zero attached hydrogens (tertiary/aromatic N) is 1. The number of hydrogen-bond donors (Lipinski definition) is 2. The van der Waals surface area contributed by atoms with Crippen molar-refractivity contribution in [3.63, 3.8) is 0 Å². The molecule has 5 nitrogen and oxygen atoms in total. The van der Waals surface area contributed by atoms with E-state index in [1.165, 1.54) is 0 Å². The zero-order valence-electron chi connectivity index (χ0n) is 12.3. The van der Waals surface area contributed by atoms with Gasteiger partial charge in [-0.25, -0.2) is 0 Å². The highest BCUT2D eigenvalue weighted by atomic mass is 16.4. The molecule has 2 rings (SSSR count). The number of rotatable bonds is 6. The van der Waals surface area contributed by atoms with Crippen molar-refractivity contribution in [1.82, 2.24) is 5.32 Å². The molecule has 1 amide bonds. The Balaban J connectivity index is 2.12. The highest BCUT2D eigenvalue weighted by Crippen LogP contribution is 2.23. The van der Waals surface area contributed by atoms with Crippen molar-refractivity contribution in [2.75, 3.05) is 24.5 Å². The molecule has 114 valence electrons. The van der Waals surface area contributed by atoms with Crippen LogP contribution in [0.1, 0.15) is 24.8 Å². The van der Waals surface area contributed by atoms with Gasteiger partial charge >= 0.3 is 5.97 Å². The van der Waals surface area contributed by atoms with Crippen LogP contribution in [0.3, 0.4) is 0 Å². The summed E-state index contributed by atoms with van der Waals surface area (Å²) in [4.78, 5) is 25.0. The molecule has 1 aliphatic rings. The molecule has 21 heavy (non-hydrogen) atoms. The fourth-order valence-corrected chi connectivity index (χ4v) is 2.70. The van der Waals surface area contributed by atoms with Crippen molar-refractivity contribution in [1.29, 1.82) is 0 Å². The normalized spacial score (nSPS) is 17.7. The van der Waals surface area contributed by atoms with E-state index in [2.05, 4.69) is 5.32 Å². The topological polar surface area (TPSA) is 69.6 Å². The minimum atomic E-state index is -0.885. The fraction of sp³-hybridized carbons (Fsp3) is 0.500. The van der Waals surface area contributed by atoms with Gasteiger partial charge in [-0.05, 0) is 44.0 Å². The van der Waals surface area contributed by atoms with Crippen molar-refractivity contribution in [3.05, 3.63) is 29.8 Å². The molecule has 1 aliphatic heterocycles. The predicted octanol–water partition coefficient (Wildman–Crippen LogP) is 1.80. The summed E-state index contributed by atoms with van der Waals surface area (Å²) in [6, 6.07) is 7.61. The van der Waals surface area contributed by atoms with Crippen LogP contribution in [0.15, 0.2) is 24.3 Å². The first-order valence-corrected chi connectivity index (χ1v) is 7.36. The maximum Gasteiger partial charge on any atom is 0.305 e. The summed E-state index contributed by atoms with van der Waals surface area (Å²) in [5.74, 6) is -0.517. The van der Waals surface area contributed by atoms with Crippen molar-refractivity contribution >= 4 is 17.6 Å². The lowest BCUT2D eigenvalue weighted by Gasteiger charge is -2.25. The number of para-hydroxylation sites is 1. The van der Waals surface area contributed by atoms with Crippen LogP contribution in [-0.4, -0.2) is 36.6 Å². The Bertz CT molecular complexity index is 510. The molecule has 1 aromatic rings. The molecule has 0 aliphatic carbocycles. The number of carboxylic acid groups (broad SMARTS) is 1. The van der Waals surface area contributed by atoms with E-state index in [4.69, 9.17) is 5.11 Å². The number of benzene rings is 1. The minimum absolute atomic E-state index is 0.0132. The van der Waals surface area contributed by atoms with Gasteiger partial charge in [0.2, 0.25) is 5.91 Å². The smallest absolute Gasteiger partial charge is 0.305 e. The number of amides is 1. The SMILES string of the molecule is Cc1ccccc1N(CCC(=O)O)C(=O)CC1CCNC1. The molecular formula is C16H22N2O3. The van der Waals surface area contributed by atoms with Gasteiger partial charge in [0.1, 0.15) is 0 Å². The van der Waals surface area contributed by atoms with Crippen molar-refractivity contribution in [3.8, 4) is 0 Å². The summed E-state index contributed by atoms with van der Waals surface area (Å²) < 4.78 is 0. The number of carbonyl (C=O) groups is 2. The van der Waals surface area contributed by atoms with Crippen LogP contribution in [0.5, 0.6) is 0 Å². The number of carboxylic acids is 1. The van der Waals surface area contributed by atoms with E-state index < -0.39 is 5.97 Å². The van der Waals surface area contributed by atoms with E-state index in [0.29, 0.717) is 12.3 Å². The van der Waals surface area contributed by atoms with Crippen LogP contribution < -0.4 is 10.2 Å². The second-order valence-electron chi connectivity index (χ2n) is 5.54. The maximum absolute atomic E-state index is 12.6. The Morgan fingerprint density at radius 2 is 2.14 bits per heavy atom. The lowest BCUT2D eigenvalue weighted by atomic mass is 10.0. The zero-order valence-corrected chi connectivity index (χ0v) is 12.3. The Hall–Kier alpha value is -1.88. The lowest BCUT2D eigenvalue weighted by molar-refractivity contribution is -0.136. The molecule has 1 aromatic carbocycles. The van der Waals surface area contributed by atoms with E-state index in [9.17, 15) is 9.59 Å². The van der Waals surface area contributed by atoms with Crippen LogP contribution in [-0.2, 0) is 9.59 Å². The molecule has 0 bridgehead atoms. The third kappa shape index (κ3) is 4.29. The van der Waals surface area contributed by atoms with E-state index in [1.54, 1.807) is 4.90 Å². The zero-order chi connectivity index (χ0) is 15.2. The molecule has 1 saturated heterocycles. The van der Waals surface area contributed by atoms with Gasteiger partial charge in [0, 0.05) is 18.7 Å². The molecule has 1 unspecified atom stereocenters. The second kappa shape index (κ2) is 7.22. The van der Waals surface area contributed by atoms with Crippen LogP contribution in [0.2, 0.25) is 0 Å². The average Bonchev–Trinajstić information content (AvgIpc) is 2.93. The maximum atomic E-state index is 12.6. The Morgan fingerprint density at radius 3 is 2.76 bits per heavy atom. The molecule has 1 fully saturated rings. The van der Waals surface area contributed by atoms with Gasteiger partial charge in [0.15, 0.2) is 0 Å². The highest BCUT2D eigenvalue weighted by molar-refractivity contribution is 5.94. The first kappa shape index (κ1) is 15.5. The van der Waals surface area contributed by atoms with E-state index in [0.717, 1.165) is 30.8 Å². The molecule has 5 heteroatoms. The summed E-state index contributed by atoms with van der Waals surface area (Å²) in [6.45, 7) is 3.98. The van der Waals surface area contributed by atoms with E-state index >= 15 is 0 Å². The summed E-state index contributed by atoms with van der Waals surface area (Å²) in [6.07, 6.45) is 1.44. The summed E-state index contributed by atoms with van der Waals surface area (Å²) >= 11 is 0. The summed E-state index contributed by atoms with van der Waals surface area (Å²) in [5, 5.41) is 12.1. The monoisotopic (exact) mass is 290 g/mol. The number of hydrogen-bond acceptors (Lipinski definition) is 3. The van der Waals surface area contributed by atoms with E-state index in [-0.39, 0.29) is 18.9 Å². The van der Waals surface area contributed by atoms with Crippen LogP contribution in [0, 0.1) is 12.8 Å². The molecule has 0 spiro atoms. The molecule has 1 heterocycles. The number of aryl methyl sites for hydroxylation is 1. The Labute approximate surface area is 125 Å². The van der Waals surface area contributed by atoms with Gasteiger partial charge in [-0.2, -0.15) is 0 Å². The van der Waals surface area contributed by atoms with E-state index in [1.807, 2.05) is 31.2 Å². The number of anilines is 1. The summed E-state index contributed by atoms with van der Waals surface area (Å²) in [7, 11) is 0. The Morgan fingerprint density at radius 1 is 1.38 bits per heavy atom. The van der Waals surface area contributed by atoms with Gasteiger partial charge in [0.05, 0.1) is 6.42 Å². The molecule has 0 radical (unpaired) electrons. The van der Waals surface area contributed by atoms with Crippen molar-refractivity contribution in [2.45, 2.75) is 26.2 Å². The predicted molar refractivity (Wildman–Crippen MR) is 81.4 cm³/mol.